The number of benzene rings is 1. The summed E-state index contributed by atoms with van der Waals surface area (Å²) in [6, 6.07) is 10.8. The highest BCUT2D eigenvalue weighted by molar-refractivity contribution is 7.15. The lowest BCUT2D eigenvalue weighted by Gasteiger charge is -2.35. The fraction of sp³-hybridized carbons (Fsp3) is 0.474. The van der Waals surface area contributed by atoms with Gasteiger partial charge in [0.2, 0.25) is 0 Å². The molecule has 1 fully saturated rings. The van der Waals surface area contributed by atoms with Crippen LogP contribution in [0.5, 0.6) is 5.19 Å². The number of piperidine rings is 1. The van der Waals surface area contributed by atoms with Crippen LogP contribution < -0.4 is 4.74 Å². The molecule has 1 amide bonds. The summed E-state index contributed by atoms with van der Waals surface area (Å²) in [5, 5.41) is 0.564. The Labute approximate surface area is 147 Å². The molecule has 0 unspecified atom stereocenters. The standard InChI is InChI=1S/C19H24N2O2S/c1-14-17(24-19(20-14)23-2)18(22)21-13-7-6-10-16(21)12-11-15-8-4-3-5-9-15/h3-5,8-9,16H,6-7,10-13H2,1-2H3/t16-/m1/s1. The SMILES string of the molecule is COc1nc(C)c(C(=O)N2CCCC[C@@H]2CCc2ccccc2)s1. The van der Waals surface area contributed by atoms with E-state index in [1.807, 2.05) is 13.0 Å². The van der Waals surface area contributed by atoms with Crippen LogP contribution in [0.15, 0.2) is 30.3 Å². The van der Waals surface area contributed by atoms with E-state index in [1.54, 1.807) is 7.11 Å². The smallest absolute Gasteiger partial charge is 0.273 e. The number of hydrogen-bond acceptors (Lipinski definition) is 4. The molecule has 1 atom stereocenters. The number of aryl methyl sites for hydroxylation is 2. The molecular formula is C19H24N2O2S. The first-order valence-corrected chi connectivity index (χ1v) is 9.37. The van der Waals surface area contributed by atoms with Crippen molar-refractivity contribution in [3.63, 3.8) is 0 Å². The van der Waals surface area contributed by atoms with Gasteiger partial charge in [0.25, 0.3) is 11.1 Å². The Hall–Kier alpha value is -1.88. The lowest BCUT2D eigenvalue weighted by molar-refractivity contribution is 0.0606. The van der Waals surface area contributed by atoms with E-state index in [1.165, 1.54) is 23.3 Å². The van der Waals surface area contributed by atoms with Gasteiger partial charge in [0, 0.05) is 12.6 Å². The molecular weight excluding hydrogens is 320 g/mol. The number of carbonyl (C=O) groups is 1. The lowest BCUT2D eigenvalue weighted by Crippen LogP contribution is -2.43. The molecule has 0 bridgehead atoms. The Morgan fingerprint density at radius 2 is 2.12 bits per heavy atom. The molecule has 5 heteroatoms. The second-order valence-corrected chi connectivity index (χ2v) is 7.23. The van der Waals surface area contributed by atoms with Gasteiger partial charge in [-0.1, -0.05) is 41.7 Å². The van der Waals surface area contributed by atoms with E-state index in [9.17, 15) is 4.79 Å². The molecule has 1 aliphatic rings. The molecule has 0 aliphatic carbocycles. The molecule has 0 saturated carbocycles. The molecule has 3 rings (SSSR count). The highest BCUT2D eigenvalue weighted by Gasteiger charge is 2.29. The first-order chi connectivity index (χ1) is 11.7. The maximum atomic E-state index is 13.0. The van der Waals surface area contributed by atoms with Gasteiger partial charge in [0.15, 0.2) is 0 Å². The van der Waals surface area contributed by atoms with Crippen molar-refractivity contribution in [2.45, 2.75) is 45.1 Å². The number of aromatic nitrogens is 1. The van der Waals surface area contributed by atoms with Crippen LogP contribution >= 0.6 is 11.3 Å². The van der Waals surface area contributed by atoms with Gasteiger partial charge in [0.1, 0.15) is 4.88 Å². The Morgan fingerprint density at radius 3 is 2.83 bits per heavy atom. The fourth-order valence-corrected chi connectivity index (χ4v) is 4.17. The Bertz CT molecular complexity index is 684. The lowest BCUT2D eigenvalue weighted by atomic mass is 9.95. The second kappa shape index (κ2) is 7.79. The van der Waals surface area contributed by atoms with Crippen molar-refractivity contribution < 1.29 is 9.53 Å². The van der Waals surface area contributed by atoms with Gasteiger partial charge in [-0.2, -0.15) is 0 Å². The number of amides is 1. The average Bonchev–Trinajstić information content (AvgIpc) is 3.01. The van der Waals surface area contributed by atoms with Crippen LogP contribution in [0.1, 0.15) is 46.6 Å². The van der Waals surface area contributed by atoms with Crippen LogP contribution in [0.25, 0.3) is 0 Å². The van der Waals surface area contributed by atoms with Crippen LogP contribution in [-0.4, -0.2) is 35.5 Å². The quantitative estimate of drug-likeness (QED) is 0.820. The van der Waals surface area contributed by atoms with Crippen molar-refractivity contribution in [2.24, 2.45) is 0 Å². The molecule has 0 spiro atoms. The molecule has 4 nitrogen and oxygen atoms in total. The average molecular weight is 344 g/mol. The van der Waals surface area contributed by atoms with Crippen molar-refractivity contribution in [1.29, 1.82) is 0 Å². The van der Waals surface area contributed by atoms with E-state index in [4.69, 9.17) is 4.74 Å². The minimum atomic E-state index is 0.117. The molecule has 2 aromatic rings. The second-order valence-electron chi connectivity index (χ2n) is 6.27. The summed E-state index contributed by atoms with van der Waals surface area (Å²) in [5.74, 6) is 0.117. The van der Waals surface area contributed by atoms with Crippen molar-refractivity contribution in [3.05, 3.63) is 46.5 Å². The fourth-order valence-electron chi connectivity index (χ4n) is 3.33. The molecule has 128 valence electrons. The maximum absolute atomic E-state index is 13.0. The minimum absolute atomic E-state index is 0.117. The molecule has 0 N–H and O–H groups in total. The summed E-state index contributed by atoms with van der Waals surface area (Å²) in [6.07, 6.45) is 5.41. The number of methoxy groups -OCH3 is 1. The molecule has 1 aliphatic heterocycles. The number of rotatable bonds is 5. The highest BCUT2D eigenvalue weighted by atomic mass is 32.1. The van der Waals surface area contributed by atoms with E-state index in [0.717, 1.165) is 42.8 Å². The Morgan fingerprint density at radius 1 is 1.33 bits per heavy atom. The summed E-state index contributed by atoms with van der Waals surface area (Å²) >= 11 is 1.35. The Kier molecular flexibility index (Phi) is 5.51. The third-order valence-electron chi connectivity index (χ3n) is 4.64. The number of hydrogen-bond donors (Lipinski definition) is 0. The van der Waals surface area contributed by atoms with E-state index in [2.05, 4.69) is 34.1 Å². The van der Waals surface area contributed by atoms with Crippen molar-refractivity contribution in [1.82, 2.24) is 9.88 Å². The zero-order valence-corrected chi connectivity index (χ0v) is 15.1. The number of likely N-dealkylation sites (tertiary alicyclic amines) is 1. The minimum Gasteiger partial charge on any atom is -0.473 e. The molecule has 1 aromatic heterocycles. The van der Waals surface area contributed by atoms with Crippen molar-refractivity contribution >= 4 is 17.2 Å². The first kappa shape index (κ1) is 17.0. The summed E-state index contributed by atoms with van der Waals surface area (Å²) < 4.78 is 5.18. The zero-order valence-electron chi connectivity index (χ0n) is 14.3. The summed E-state index contributed by atoms with van der Waals surface area (Å²) in [7, 11) is 1.59. The van der Waals surface area contributed by atoms with Crippen LogP contribution in [0, 0.1) is 6.92 Å². The number of carbonyl (C=O) groups excluding carboxylic acids is 1. The van der Waals surface area contributed by atoms with Crippen LogP contribution in [-0.2, 0) is 6.42 Å². The van der Waals surface area contributed by atoms with Gasteiger partial charge in [-0.3, -0.25) is 4.79 Å². The normalized spacial score (nSPS) is 17.8. The zero-order chi connectivity index (χ0) is 16.9. The topological polar surface area (TPSA) is 42.4 Å². The van der Waals surface area contributed by atoms with Gasteiger partial charge in [-0.15, -0.1) is 0 Å². The largest absolute Gasteiger partial charge is 0.473 e. The van der Waals surface area contributed by atoms with Crippen LogP contribution in [0.4, 0.5) is 0 Å². The highest BCUT2D eigenvalue weighted by Crippen LogP contribution is 2.29. The Balaban J connectivity index is 1.71. The predicted molar refractivity (Wildman–Crippen MR) is 96.8 cm³/mol. The molecule has 0 radical (unpaired) electrons. The predicted octanol–water partition coefficient (Wildman–Crippen LogP) is 4.09. The van der Waals surface area contributed by atoms with Gasteiger partial charge in [-0.25, -0.2) is 4.98 Å². The van der Waals surface area contributed by atoms with Crippen LogP contribution in [0.2, 0.25) is 0 Å². The molecule has 24 heavy (non-hydrogen) atoms. The van der Waals surface area contributed by atoms with E-state index in [0.29, 0.717) is 11.2 Å². The van der Waals surface area contributed by atoms with Gasteiger partial charge >= 0.3 is 0 Å². The number of nitrogens with zero attached hydrogens (tertiary/aromatic N) is 2. The van der Waals surface area contributed by atoms with Crippen LogP contribution in [0.3, 0.4) is 0 Å². The molecule has 1 saturated heterocycles. The van der Waals surface area contributed by atoms with E-state index >= 15 is 0 Å². The van der Waals surface area contributed by atoms with Crippen molar-refractivity contribution in [3.8, 4) is 5.19 Å². The van der Waals surface area contributed by atoms with Gasteiger partial charge < -0.3 is 9.64 Å². The third-order valence-corrected chi connectivity index (χ3v) is 5.75. The summed E-state index contributed by atoms with van der Waals surface area (Å²) in [4.78, 5) is 20.1. The third kappa shape index (κ3) is 3.78. The number of ether oxygens (including phenoxy) is 1. The first-order valence-electron chi connectivity index (χ1n) is 8.55. The van der Waals surface area contributed by atoms with Gasteiger partial charge in [-0.05, 0) is 44.6 Å². The van der Waals surface area contributed by atoms with E-state index < -0.39 is 0 Å². The molecule has 2 heterocycles. The summed E-state index contributed by atoms with van der Waals surface area (Å²) in [5.41, 5.74) is 2.11. The van der Waals surface area contributed by atoms with Crippen molar-refractivity contribution in [2.75, 3.05) is 13.7 Å². The summed E-state index contributed by atoms with van der Waals surface area (Å²) in [6.45, 7) is 2.73. The van der Waals surface area contributed by atoms with E-state index in [-0.39, 0.29) is 5.91 Å². The van der Waals surface area contributed by atoms with Gasteiger partial charge in [0.05, 0.1) is 12.8 Å². The monoisotopic (exact) mass is 344 g/mol. The number of thiazole rings is 1. The molecule has 1 aromatic carbocycles. The maximum Gasteiger partial charge on any atom is 0.273 e.